The Hall–Kier alpha value is -2.57. The van der Waals surface area contributed by atoms with E-state index in [1.807, 2.05) is 6.20 Å². The first-order valence-corrected chi connectivity index (χ1v) is 11.8. The molecule has 2 fully saturated rings. The summed E-state index contributed by atoms with van der Waals surface area (Å²) >= 11 is 0. The largest absolute Gasteiger partial charge is 0.390 e. The molecule has 3 atom stereocenters. The van der Waals surface area contributed by atoms with Gasteiger partial charge >= 0.3 is 0 Å². The maximum atomic E-state index is 13.3. The van der Waals surface area contributed by atoms with E-state index in [-0.39, 0.29) is 17.9 Å². The SMILES string of the molecule is O[C@@H]1CN(CC2CCCCC2)[C@@H](c2ccccc2)C[C@H]1n1cc(-c2ccc(F)cc2)nn1. The Kier molecular flexibility index (Phi) is 6.32. The van der Waals surface area contributed by atoms with Crippen LogP contribution < -0.4 is 0 Å². The Morgan fingerprint density at radius 1 is 0.969 bits per heavy atom. The van der Waals surface area contributed by atoms with Crippen LogP contribution in [0.1, 0.15) is 56.2 Å². The van der Waals surface area contributed by atoms with Gasteiger partial charge < -0.3 is 5.11 Å². The van der Waals surface area contributed by atoms with E-state index < -0.39 is 6.10 Å². The average molecular weight is 435 g/mol. The molecule has 0 spiro atoms. The topological polar surface area (TPSA) is 54.2 Å². The van der Waals surface area contributed by atoms with E-state index in [1.54, 1.807) is 16.8 Å². The number of hydrogen-bond acceptors (Lipinski definition) is 4. The number of benzene rings is 2. The number of aliphatic hydroxyl groups excluding tert-OH is 1. The number of aliphatic hydroxyl groups is 1. The molecule has 1 aliphatic carbocycles. The van der Waals surface area contributed by atoms with Crippen molar-refractivity contribution < 1.29 is 9.50 Å². The van der Waals surface area contributed by atoms with Gasteiger partial charge in [0, 0.05) is 24.7 Å². The zero-order chi connectivity index (χ0) is 21.9. The maximum Gasteiger partial charge on any atom is 0.123 e. The van der Waals surface area contributed by atoms with Crippen molar-refractivity contribution in [1.82, 2.24) is 19.9 Å². The van der Waals surface area contributed by atoms with Crippen LogP contribution in [0.3, 0.4) is 0 Å². The van der Waals surface area contributed by atoms with Crippen molar-refractivity contribution in [3.8, 4) is 11.3 Å². The van der Waals surface area contributed by atoms with Crippen molar-refractivity contribution in [3.63, 3.8) is 0 Å². The van der Waals surface area contributed by atoms with Crippen molar-refractivity contribution in [2.24, 2.45) is 5.92 Å². The molecule has 2 heterocycles. The second-order valence-electron chi connectivity index (χ2n) is 9.35. The van der Waals surface area contributed by atoms with Crippen LogP contribution in [0.2, 0.25) is 0 Å². The van der Waals surface area contributed by atoms with Gasteiger partial charge in [0.25, 0.3) is 0 Å². The third-order valence-corrected chi connectivity index (χ3v) is 7.16. The molecule has 1 saturated heterocycles. The van der Waals surface area contributed by atoms with Gasteiger partial charge in [0.15, 0.2) is 0 Å². The zero-order valence-corrected chi connectivity index (χ0v) is 18.4. The number of halogens is 1. The van der Waals surface area contributed by atoms with Gasteiger partial charge in [-0.2, -0.15) is 0 Å². The van der Waals surface area contributed by atoms with E-state index in [1.165, 1.54) is 49.8 Å². The molecule has 2 aromatic carbocycles. The van der Waals surface area contributed by atoms with Crippen LogP contribution in [-0.4, -0.2) is 44.2 Å². The first-order chi connectivity index (χ1) is 15.7. The lowest BCUT2D eigenvalue weighted by Gasteiger charge is -2.44. The second-order valence-corrected chi connectivity index (χ2v) is 9.35. The van der Waals surface area contributed by atoms with E-state index in [0.29, 0.717) is 12.2 Å². The standard InChI is InChI=1S/C26H31FN4O/c27-22-13-11-20(12-14-22)23-17-31(29-28-23)25-15-24(21-9-5-2-6-10-21)30(18-26(25)32)16-19-7-3-1-4-8-19/h2,5-6,9-14,17,19,24-26,32H,1,3-4,7-8,15-16,18H2/t24-,25-,26-/m1/s1. The summed E-state index contributed by atoms with van der Waals surface area (Å²) in [7, 11) is 0. The van der Waals surface area contributed by atoms with Crippen molar-refractivity contribution >= 4 is 0 Å². The lowest BCUT2D eigenvalue weighted by Crippen LogP contribution is -2.48. The molecule has 168 valence electrons. The van der Waals surface area contributed by atoms with E-state index in [9.17, 15) is 9.50 Å². The molecule has 3 aromatic rings. The molecule has 5 rings (SSSR count). The fourth-order valence-corrected chi connectivity index (χ4v) is 5.43. The van der Waals surface area contributed by atoms with Gasteiger partial charge in [-0.1, -0.05) is 54.8 Å². The Labute approximate surface area is 188 Å². The van der Waals surface area contributed by atoms with Gasteiger partial charge in [-0.3, -0.25) is 4.90 Å². The fourth-order valence-electron chi connectivity index (χ4n) is 5.43. The van der Waals surface area contributed by atoms with Crippen LogP contribution in [0.4, 0.5) is 4.39 Å². The lowest BCUT2D eigenvalue weighted by molar-refractivity contribution is -0.0181. The second kappa shape index (κ2) is 9.51. The molecule has 2 aliphatic rings. The molecular weight excluding hydrogens is 403 g/mol. The highest BCUT2D eigenvalue weighted by Gasteiger charge is 2.38. The highest BCUT2D eigenvalue weighted by atomic mass is 19.1. The summed E-state index contributed by atoms with van der Waals surface area (Å²) in [6.07, 6.45) is 8.73. The Bertz CT molecular complexity index is 1000. The lowest BCUT2D eigenvalue weighted by atomic mass is 9.85. The third kappa shape index (κ3) is 4.62. The van der Waals surface area contributed by atoms with Crippen LogP contribution in [0, 0.1) is 11.7 Å². The minimum atomic E-state index is -0.513. The molecule has 0 radical (unpaired) electrons. The van der Waals surface area contributed by atoms with Crippen molar-refractivity contribution in [2.75, 3.05) is 13.1 Å². The number of rotatable bonds is 5. The molecular formula is C26H31FN4O. The van der Waals surface area contributed by atoms with E-state index >= 15 is 0 Å². The van der Waals surface area contributed by atoms with Crippen molar-refractivity contribution in [1.29, 1.82) is 0 Å². The van der Waals surface area contributed by atoms with Crippen molar-refractivity contribution in [3.05, 3.63) is 72.2 Å². The van der Waals surface area contributed by atoms with Gasteiger partial charge in [0.2, 0.25) is 0 Å². The summed E-state index contributed by atoms with van der Waals surface area (Å²) in [4.78, 5) is 2.49. The number of β-amino-alcohol motifs (C(OH)–C–C–N with tert-alkyl or cyclic N) is 1. The van der Waals surface area contributed by atoms with Gasteiger partial charge in [-0.25, -0.2) is 9.07 Å². The predicted octanol–water partition coefficient (Wildman–Crippen LogP) is 5.01. The quantitative estimate of drug-likeness (QED) is 0.613. The third-order valence-electron chi connectivity index (χ3n) is 7.16. The highest BCUT2D eigenvalue weighted by Crippen LogP contribution is 2.38. The molecule has 0 amide bonds. The first kappa shape index (κ1) is 21.3. The molecule has 32 heavy (non-hydrogen) atoms. The van der Waals surface area contributed by atoms with Crippen molar-refractivity contribution in [2.45, 2.75) is 56.7 Å². The van der Waals surface area contributed by atoms with Gasteiger partial charge in [-0.05, 0) is 55.0 Å². The molecule has 1 aromatic heterocycles. The summed E-state index contributed by atoms with van der Waals surface area (Å²) in [5, 5.41) is 19.8. The first-order valence-electron chi connectivity index (χ1n) is 11.8. The predicted molar refractivity (Wildman–Crippen MR) is 122 cm³/mol. The number of nitrogens with zero attached hydrogens (tertiary/aromatic N) is 4. The molecule has 0 unspecified atom stereocenters. The summed E-state index contributed by atoms with van der Waals surface area (Å²) in [5.41, 5.74) is 2.80. The Balaban J connectivity index is 1.38. The summed E-state index contributed by atoms with van der Waals surface area (Å²) < 4.78 is 15.1. The number of piperidine rings is 1. The minimum absolute atomic E-state index is 0.149. The summed E-state index contributed by atoms with van der Waals surface area (Å²) in [5.74, 6) is 0.447. The number of hydrogen-bond donors (Lipinski definition) is 1. The molecule has 0 bridgehead atoms. The molecule has 1 N–H and O–H groups in total. The molecule has 1 aliphatic heterocycles. The van der Waals surface area contributed by atoms with Gasteiger partial charge in [0.1, 0.15) is 11.5 Å². The average Bonchev–Trinajstić information content (AvgIpc) is 3.31. The normalized spacial score (nSPS) is 25.1. The van der Waals surface area contributed by atoms with Crippen LogP contribution in [0.15, 0.2) is 60.8 Å². The summed E-state index contributed by atoms with van der Waals surface area (Å²) in [6.45, 7) is 1.67. The highest BCUT2D eigenvalue weighted by molar-refractivity contribution is 5.57. The van der Waals surface area contributed by atoms with Gasteiger partial charge in [0.05, 0.1) is 18.3 Å². The van der Waals surface area contributed by atoms with E-state index in [0.717, 1.165) is 24.4 Å². The van der Waals surface area contributed by atoms with E-state index in [2.05, 4.69) is 45.5 Å². The van der Waals surface area contributed by atoms with Crippen LogP contribution in [-0.2, 0) is 0 Å². The van der Waals surface area contributed by atoms with Crippen LogP contribution in [0.5, 0.6) is 0 Å². The summed E-state index contributed by atoms with van der Waals surface area (Å²) in [6, 6.07) is 17.0. The molecule has 6 heteroatoms. The molecule has 5 nitrogen and oxygen atoms in total. The maximum absolute atomic E-state index is 13.3. The molecule has 1 saturated carbocycles. The smallest absolute Gasteiger partial charge is 0.123 e. The fraction of sp³-hybridized carbons (Fsp3) is 0.462. The number of aromatic nitrogens is 3. The Morgan fingerprint density at radius 2 is 1.72 bits per heavy atom. The minimum Gasteiger partial charge on any atom is -0.390 e. The monoisotopic (exact) mass is 434 g/mol. The van der Waals surface area contributed by atoms with Gasteiger partial charge in [-0.15, -0.1) is 5.10 Å². The van der Waals surface area contributed by atoms with E-state index in [4.69, 9.17) is 0 Å². The van der Waals surface area contributed by atoms with Crippen LogP contribution >= 0.6 is 0 Å². The number of likely N-dealkylation sites (tertiary alicyclic amines) is 1. The zero-order valence-electron chi connectivity index (χ0n) is 18.4. The Morgan fingerprint density at radius 3 is 2.47 bits per heavy atom. The van der Waals surface area contributed by atoms with Crippen LogP contribution in [0.25, 0.3) is 11.3 Å².